The molecule has 1 atom stereocenters. The first-order valence-electron chi connectivity index (χ1n) is 3.54. The van der Waals surface area contributed by atoms with E-state index in [1.807, 2.05) is 18.2 Å². The Kier molecular flexibility index (Phi) is 5.42. The van der Waals surface area contributed by atoms with Gasteiger partial charge in [-0.2, -0.15) is 0 Å². The molecule has 0 aliphatic carbocycles. The molecule has 1 unspecified atom stereocenters. The van der Waals surface area contributed by atoms with Crippen LogP contribution in [0.1, 0.15) is 0 Å². The van der Waals surface area contributed by atoms with Crippen molar-refractivity contribution in [1.82, 2.24) is 0 Å². The van der Waals surface area contributed by atoms with Gasteiger partial charge in [0.2, 0.25) is 0 Å². The van der Waals surface area contributed by atoms with Crippen molar-refractivity contribution in [3.8, 4) is 0 Å². The van der Waals surface area contributed by atoms with E-state index in [-0.39, 0.29) is 0 Å². The van der Waals surface area contributed by atoms with Crippen molar-refractivity contribution in [2.75, 3.05) is 11.6 Å². The van der Waals surface area contributed by atoms with Gasteiger partial charge in [0.1, 0.15) is 0 Å². The summed E-state index contributed by atoms with van der Waals surface area (Å²) in [5.74, 6) is 1.59. The molecule has 0 fully saturated rings. The van der Waals surface area contributed by atoms with Gasteiger partial charge in [0.15, 0.2) is 0 Å². The van der Waals surface area contributed by atoms with Crippen LogP contribution in [-0.4, -0.2) is 11.6 Å². The molecule has 0 saturated heterocycles. The van der Waals surface area contributed by atoms with Crippen molar-refractivity contribution >= 4 is 46.0 Å². The van der Waals surface area contributed by atoms with Crippen LogP contribution in [0.25, 0.3) is 0 Å². The average Bonchev–Trinajstić information content (AvgIpc) is 2.15. The molecule has 0 aliphatic heterocycles. The molecule has 4 heteroatoms. The van der Waals surface area contributed by atoms with E-state index in [1.165, 1.54) is 5.30 Å². The van der Waals surface area contributed by atoms with Crippen LogP contribution in [0.15, 0.2) is 30.3 Å². The van der Waals surface area contributed by atoms with E-state index in [9.17, 15) is 0 Å². The van der Waals surface area contributed by atoms with Gasteiger partial charge in [-0.3, -0.25) is 0 Å². The summed E-state index contributed by atoms with van der Waals surface area (Å²) in [6, 6.07) is 10.1. The van der Waals surface area contributed by atoms with Gasteiger partial charge in [-0.15, -0.1) is 23.0 Å². The Morgan fingerprint density at radius 3 is 2.50 bits per heavy atom. The third-order valence-electron chi connectivity index (χ3n) is 1.24. The highest BCUT2D eigenvalue weighted by Gasteiger charge is 2.06. The minimum absolute atomic E-state index is 0.577. The van der Waals surface area contributed by atoms with Crippen LogP contribution < -0.4 is 5.30 Å². The predicted octanol–water partition coefficient (Wildman–Crippen LogP) is 3.83. The molecule has 66 valence electrons. The fourth-order valence-corrected chi connectivity index (χ4v) is 4.60. The third kappa shape index (κ3) is 3.53. The maximum atomic E-state index is 6.15. The summed E-state index contributed by atoms with van der Waals surface area (Å²) in [5, 5.41) is 1.21. The number of benzene rings is 1. The SMILES string of the molecule is ClCCSP(Cl)c1ccccc1. The smallest absolute Gasteiger partial charge is 0.0807 e. The van der Waals surface area contributed by atoms with Gasteiger partial charge in [-0.25, -0.2) is 0 Å². The molecule has 0 heterocycles. The van der Waals surface area contributed by atoms with Crippen molar-refractivity contribution in [2.45, 2.75) is 0 Å². The molecule has 0 aromatic heterocycles. The molecule has 0 saturated carbocycles. The highest BCUT2D eigenvalue weighted by Crippen LogP contribution is 2.53. The minimum Gasteiger partial charge on any atom is -0.126 e. The Bertz CT molecular complexity index is 218. The first kappa shape index (κ1) is 10.7. The van der Waals surface area contributed by atoms with Gasteiger partial charge in [-0.05, 0) is 0 Å². The standard InChI is InChI=1S/C8H9Cl2PS/c9-6-7-12-11(10)8-4-2-1-3-5-8/h1-5H,6-7H2. The predicted molar refractivity (Wildman–Crippen MR) is 62.0 cm³/mol. The van der Waals surface area contributed by atoms with Gasteiger partial charge >= 0.3 is 0 Å². The van der Waals surface area contributed by atoms with Crippen LogP contribution in [0.5, 0.6) is 0 Å². The Morgan fingerprint density at radius 2 is 1.92 bits per heavy atom. The zero-order valence-corrected chi connectivity index (χ0v) is 9.64. The van der Waals surface area contributed by atoms with Gasteiger partial charge < -0.3 is 0 Å². The quantitative estimate of drug-likeness (QED) is 0.568. The summed E-state index contributed by atoms with van der Waals surface area (Å²) in [5.41, 5.74) is 0. The topological polar surface area (TPSA) is 0 Å². The number of rotatable bonds is 4. The highest BCUT2D eigenvalue weighted by atomic mass is 35.7. The van der Waals surface area contributed by atoms with E-state index < -0.39 is 6.48 Å². The second kappa shape index (κ2) is 6.10. The fourth-order valence-electron chi connectivity index (χ4n) is 0.734. The van der Waals surface area contributed by atoms with Crippen LogP contribution in [0, 0.1) is 0 Å². The van der Waals surface area contributed by atoms with E-state index in [2.05, 4.69) is 12.1 Å². The van der Waals surface area contributed by atoms with E-state index in [1.54, 1.807) is 11.4 Å². The first-order chi connectivity index (χ1) is 5.84. The average molecular weight is 239 g/mol. The molecule has 0 spiro atoms. The number of alkyl halides is 1. The van der Waals surface area contributed by atoms with Crippen molar-refractivity contribution in [1.29, 1.82) is 0 Å². The molecule has 1 aromatic carbocycles. The molecule has 0 nitrogen and oxygen atoms in total. The summed E-state index contributed by atoms with van der Waals surface area (Å²) in [6.07, 6.45) is 0. The van der Waals surface area contributed by atoms with Crippen molar-refractivity contribution in [2.24, 2.45) is 0 Å². The first-order valence-corrected chi connectivity index (χ1v) is 7.91. The van der Waals surface area contributed by atoms with Gasteiger partial charge in [0, 0.05) is 16.9 Å². The normalized spacial score (nSPS) is 12.8. The molecule has 0 radical (unpaired) electrons. The lowest BCUT2D eigenvalue weighted by Gasteiger charge is -2.06. The summed E-state index contributed by atoms with van der Waals surface area (Å²) < 4.78 is 0. The summed E-state index contributed by atoms with van der Waals surface area (Å²) >= 11 is 13.4. The van der Waals surface area contributed by atoms with Crippen molar-refractivity contribution in [3.05, 3.63) is 30.3 Å². The highest BCUT2D eigenvalue weighted by molar-refractivity contribution is 8.65. The molecule has 0 bridgehead atoms. The minimum atomic E-state index is -0.577. The second-order valence-corrected chi connectivity index (χ2v) is 7.64. The summed E-state index contributed by atoms with van der Waals surface area (Å²) in [7, 11) is 0. The Morgan fingerprint density at radius 1 is 1.25 bits per heavy atom. The molecule has 0 aliphatic rings. The molecular formula is C8H9Cl2PS. The zero-order chi connectivity index (χ0) is 8.81. The molecule has 1 aromatic rings. The van der Waals surface area contributed by atoms with Crippen LogP contribution >= 0.6 is 40.7 Å². The maximum absolute atomic E-state index is 6.15. The lowest BCUT2D eigenvalue weighted by atomic mass is 10.4. The number of hydrogen-bond acceptors (Lipinski definition) is 1. The summed E-state index contributed by atoms with van der Waals surface area (Å²) in [6.45, 7) is -0.577. The third-order valence-corrected chi connectivity index (χ3v) is 6.30. The lowest BCUT2D eigenvalue weighted by molar-refractivity contribution is 1.55. The monoisotopic (exact) mass is 238 g/mol. The van der Waals surface area contributed by atoms with E-state index in [0.717, 1.165) is 5.75 Å². The molecule has 0 N–H and O–H groups in total. The van der Waals surface area contributed by atoms with Crippen LogP contribution in [0.4, 0.5) is 0 Å². The second-order valence-electron chi connectivity index (χ2n) is 2.10. The Balaban J connectivity index is 2.48. The Hall–Kier alpha value is 0.580. The van der Waals surface area contributed by atoms with Crippen LogP contribution in [-0.2, 0) is 0 Å². The molecule has 12 heavy (non-hydrogen) atoms. The van der Waals surface area contributed by atoms with Crippen molar-refractivity contribution < 1.29 is 0 Å². The zero-order valence-electron chi connectivity index (χ0n) is 6.41. The van der Waals surface area contributed by atoms with Gasteiger partial charge in [0.05, 0.1) is 6.48 Å². The fraction of sp³-hybridized carbons (Fsp3) is 0.250. The van der Waals surface area contributed by atoms with Gasteiger partial charge in [-0.1, -0.05) is 41.6 Å². The molecule has 1 rings (SSSR count). The molecule has 0 amide bonds. The van der Waals surface area contributed by atoms with Crippen LogP contribution in [0.3, 0.4) is 0 Å². The van der Waals surface area contributed by atoms with Crippen LogP contribution in [0.2, 0.25) is 0 Å². The van der Waals surface area contributed by atoms with E-state index in [4.69, 9.17) is 22.8 Å². The summed E-state index contributed by atoms with van der Waals surface area (Å²) in [4.78, 5) is 0. The van der Waals surface area contributed by atoms with Crippen molar-refractivity contribution in [3.63, 3.8) is 0 Å². The molecular weight excluding hydrogens is 230 g/mol. The number of halogens is 2. The van der Waals surface area contributed by atoms with E-state index in [0.29, 0.717) is 5.88 Å². The largest absolute Gasteiger partial charge is 0.126 e. The lowest BCUT2D eigenvalue weighted by Crippen LogP contribution is -1.93. The Labute approximate surface area is 87.9 Å². The maximum Gasteiger partial charge on any atom is 0.0807 e. The number of hydrogen-bond donors (Lipinski definition) is 0. The van der Waals surface area contributed by atoms with E-state index >= 15 is 0 Å². The van der Waals surface area contributed by atoms with Gasteiger partial charge in [0.25, 0.3) is 0 Å².